The summed E-state index contributed by atoms with van der Waals surface area (Å²) >= 11 is 0. The molecule has 4 heteroatoms. The number of aliphatic carboxylic acids is 1. The van der Waals surface area contributed by atoms with Crippen LogP contribution in [0.5, 0.6) is 0 Å². The lowest BCUT2D eigenvalue weighted by atomic mass is 9.40. The summed E-state index contributed by atoms with van der Waals surface area (Å²) in [5.41, 5.74) is 1.02. The van der Waals surface area contributed by atoms with E-state index in [9.17, 15) is 14.7 Å². The smallest absolute Gasteiger partial charge is 0.333 e. The van der Waals surface area contributed by atoms with Gasteiger partial charge in [-0.05, 0) is 94.5 Å². The van der Waals surface area contributed by atoms with Gasteiger partial charge in [-0.25, -0.2) is 4.79 Å². The molecule has 0 aromatic heterocycles. The van der Waals surface area contributed by atoms with Crippen molar-refractivity contribution in [3.63, 3.8) is 0 Å². The second-order valence-corrected chi connectivity index (χ2v) is 10.8. The second kappa shape index (κ2) is 6.72. The van der Waals surface area contributed by atoms with Gasteiger partial charge < -0.3 is 9.84 Å². The summed E-state index contributed by atoms with van der Waals surface area (Å²) in [7, 11) is 0. The van der Waals surface area contributed by atoms with Gasteiger partial charge in [-0.2, -0.15) is 0 Å². The zero-order chi connectivity index (χ0) is 21.2. The number of ether oxygens (including phenoxy) is 1. The van der Waals surface area contributed by atoms with E-state index in [4.69, 9.17) is 4.74 Å². The van der Waals surface area contributed by atoms with Crippen molar-refractivity contribution >= 4 is 11.9 Å². The molecule has 4 nitrogen and oxygen atoms in total. The topological polar surface area (TPSA) is 63.6 Å². The third-order valence-corrected chi connectivity index (χ3v) is 9.65. The maximum atomic E-state index is 12.7. The highest BCUT2D eigenvalue weighted by Gasteiger charge is 2.68. The number of carbonyl (C=O) groups excluding carboxylic acids is 1. The molecule has 0 aromatic rings. The third-order valence-electron chi connectivity index (χ3n) is 9.65. The fourth-order valence-electron chi connectivity index (χ4n) is 8.10. The van der Waals surface area contributed by atoms with Gasteiger partial charge in [-0.1, -0.05) is 26.0 Å². The van der Waals surface area contributed by atoms with Gasteiger partial charge in [0.25, 0.3) is 0 Å². The number of carboxylic acids is 1. The molecular formula is C25H36O4. The summed E-state index contributed by atoms with van der Waals surface area (Å²) in [5.74, 6) is 0.151. The van der Waals surface area contributed by atoms with E-state index in [1.165, 1.54) is 0 Å². The van der Waals surface area contributed by atoms with E-state index in [2.05, 4.69) is 13.5 Å². The van der Waals surface area contributed by atoms with Gasteiger partial charge in [0, 0.05) is 11.0 Å². The van der Waals surface area contributed by atoms with Crippen LogP contribution in [0.4, 0.5) is 0 Å². The van der Waals surface area contributed by atoms with Crippen LogP contribution in [-0.4, -0.2) is 23.1 Å². The van der Waals surface area contributed by atoms with Crippen molar-refractivity contribution in [3.8, 4) is 0 Å². The van der Waals surface area contributed by atoms with Crippen molar-refractivity contribution in [2.75, 3.05) is 0 Å². The van der Waals surface area contributed by atoms with E-state index in [0.29, 0.717) is 17.4 Å². The van der Waals surface area contributed by atoms with Crippen molar-refractivity contribution in [3.05, 3.63) is 23.8 Å². The SMILES string of the molecule is C=C1[C@H]2CC[C@H]3[C@]4(C)CCC[C@@](C)(C(=O)O)[C@H]4CC[C@]3(C2)[C@@H]1OC(=O)/C(C)=C\C. The van der Waals surface area contributed by atoms with Gasteiger partial charge >= 0.3 is 11.9 Å². The molecule has 1 N–H and O–H groups in total. The normalized spacial score (nSPS) is 46.6. The molecule has 4 aliphatic rings. The molecule has 2 bridgehead atoms. The highest BCUT2D eigenvalue weighted by Crippen LogP contribution is 2.72. The van der Waals surface area contributed by atoms with Crippen LogP contribution in [0, 0.1) is 34.0 Å². The molecule has 7 atom stereocenters. The molecule has 160 valence electrons. The number of carbonyl (C=O) groups is 2. The lowest BCUT2D eigenvalue weighted by Gasteiger charge is -2.63. The Morgan fingerprint density at radius 2 is 1.86 bits per heavy atom. The van der Waals surface area contributed by atoms with Crippen molar-refractivity contribution < 1.29 is 19.4 Å². The Morgan fingerprint density at radius 1 is 1.14 bits per heavy atom. The predicted molar refractivity (Wildman–Crippen MR) is 112 cm³/mol. The minimum absolute atomic E-state index is 0.0144. The van der Waals surface area contributed by atoms with E-state index in [-0.39, 0.29) is 28.8 Å². The molecule has 0 heterocycles. The van der Waals surface area contributed by atoms with Crippen LogP contribution in [0.1, 0.15) is 79.1 Å². The number of allylic oxidation sites excluding steroid dienone is 1. The average Bonchev–Trinajstić information content (AvgIpc) is 2.87. The lowest BCUT2D eigenvalue weighted by molar-refractivity contribution is -0.195. The van der Waals surface area contributed by atoms with Crippen LogP contribution >= 0.6 is 0 Å². The van der Waals surface area contributed by atoms with Crippen LogP contribution in [0.15, 0.2) is 23.8 Å². The molecule has 4 saturated carbocycles. The van der Waals surface area contributed by atoms with Gasteiger partial charge in [0.05, 0.1) is 5.41 Å². The number of rotatable bonds is 3. The van der Waals surface area contributed by atoms with Crippen LogP contribution in [0.3, 0.4) is 0 Å². The standard InChI is InChI=1S/C25H36O4/c1-6-15(2)21(26)29-20-16(3)17-8-9-19-23(4)11-7-12-24(5,22(27)28)18(23)10-13-25(19,20)14-17/h6,17-20H,3,7-14H2,1-2,4-5H3,(H,27,28)/b15-6-/t17-,18-,19-,20+,23+,24+,25+/m0/s1. The lowest BCUT2D eigenvalue weighted by Crippen LogP contribution is -2.60. The molecule has 0 saturated heterocycles. The maximum absolute atomic E-state index is 12.7. The van der Waals surface area contributed by atoms with Crippen molar-refractivity contribution in [2.24, 2.45) is 34.0 Å². The fraction of sp³-hybridized carbons (Fsp3) is 0.760. The highest BCUT2D eigenvalue weighted by molar-refractivity contribution is 5.88. The quantitative estimate of drug-likeness (QED) is 0.384. The van der Waals surface area contributed by atoms with Crippen molar-refractivity contribution in [1.82, 2.24) is 0 Å². The summed E-state index contributed by atoms with van der Waals surface area (Å²) in [5, 5.41) is 10.1. The van der Waals surface area contributed by atoms with Crippen LogP contribution in [-0.2, 0) is 14.3 Å². The van der Waals surface area contributed by atoms with E-state index in [0.717, 1.165) is 56.9 Å². The third kappa shape index (κ3) is 2.70. The summed E-state index contributed by atoms with van der Waals surface area (Å²) in [6.07, 6.45) is 9.50. The van der Waals surface area contributed by atoms with Crippen molar-refractivity contribution in [2.45, 2.75) is 85.2 Å². The Morgan fingerprint density at radius 3 is 2.52 bits per heavy atom. The molecule has 0 aromatic carbocycles. The van der Waals surface area contributed by atoms with E-state index < -0.39 is 11.4 Å². The summed E-state index contributed by atoms with van der Waals surface area (Å²) in [6.45, 7) is 12.4. The monoisotopic (exact) mass is 400 g/mol. The number of esters is 1. The summed E-state index contributed by atoms with van der Waals surface area (Å²) in [6, 6.07) is 0. The molecule has 4 fully saturated rings. The number of hydrogen-bond acceptors (Lipinski definition) is 3. The Hall–Kier alpha value is -1.58. The van der Waals surface area contributed by atoms with Crippen LogP contribution in [0.25, 0.3) is 0 Å². The Balaban J connectivity index is 1.73. The molecule has 0 radical (unpaired) electrons. The van der Waals surface area contributed by atoms with E-state index >= 15 is 0 Å². The van der Waals surface area contributed by atoms with E-state index in [1.807, 2.05) is 13.8 Å². The Bertz CT molecular complexity index is 782. The van der Waals surface area contributed by atoms with Gasteiger partial charge in [0.2, 0.25) is 0 Å². The molecule has 0 amide bonds. The number of fused-ring (bicyclic) bond motifs is 3. The largest absolute Gasteiger partial charge is 0.481 e. The molecule has 1 spiro atoms. The van der Waals surface area contributed by atoms with Crippen LogP contribution in [0.2, 0.25) is 0 Å². The first kappa shape index (κ1) is 20.7. The second-order valence-electron chi connectivity index (χ2n) is 10.8. The van der Waals surface area contributed by atoms with E-state index in [1.54, 1.807) is 13.0 Å². The average molecular weight is 401 g/mol. The molecule has 4 aliphatic carbocycles. The fourth-order valence-corrected chi connectivity index (χ4v) is 8.10. The first-order valence-corrected chi connectivity index (χ1v) is 11.4. The maximum Gasteiger partial charge on any atom is 0.333 e. The first-order chi connectivity index (χ1) is 13.6. The van der Waals surface area contributed by atoms with Gasteiger partial charge in [0.1, 0.15) is 6.10 Å². The number of hydrogen-bond donors (Lipinski definition) is 1. The summed E-state index contributed by atoms with van der Waals surface area (Å²) in [4.78, 5) is 25.0. The van der Waals surface area contributed by atoms with Gasteiger partial charge in [-0.3, -0.25) is 4.79 Å². The minimum Gasteiger partial charge on any atom is -0.481 e. The zero-order valence-corrected chi connectivity index (χ0v) is 18.4. The first-order valence-electron chi connectivity index (χ1n) is 11.4. The highest BCUT2D eigenvalue weighted by atomic mass is 16.5. The van der Waals surface area contributed by atoms with Crippen molar-refractivity contribution in [1.29, 1.82) is 0 Å². The Labute approximate surface area is 174 Å². The van der Waals surface area contributed by atoms with Gasteiger partial charge in [0.15, 0.2) is 0 Å². The molecule has 0 unspecified atom stereocenters. The van der Waals surface area contributed by atoms with Gasteiger partial charge in [-0.15, -0.1) is 0 Å². The van der Waals surface area contributed by atoms with Crippen LogP contribution < -0.4 is 0 Å². The molecule has 29 heavy (non-hydrogen) atoms. The Kier molecular flexibility index (Phi) is 4.79. The molecule has 4 rings (SSSR count). The zero-order valence-electron chi connectivity index (χ0n) is 18.4. The minimum atomic E-state index is -0.644. The molecular weight excluding hydrogens is 364 g/mol. The molecule has 0 aliphatic heterocycles. The predicted octanol–water partition coefficient (Wildman–Crippen LogP) is 5.53. The summed E-state index contributed by atoms with van der Waals surface area (Å²) < 4.78 is 6.15. The number of carboxylic acid groups (broad SMARTS) is 1.